The first-order valence-electron chi connectivity index (χ1n) is 10.4. The highest BCUT2D eigenvalue weighted by Gasteiger charge is 2.35. The lowest BCUT2D eigenvalue weighted by Gasteiger charge is -2.40. The molecule has 0 aliphatic carbocycles. The lowest BCUT2D eigenvalue weighted by atomic mass is 10.1. The Labute approximate surface area is 198 Å². The summed E-state index contributed by atoms with van der Waals surface area (Å²) in [5, 5.41) is 9.89. The molecule has 0 spiro atoms. The van der Waals surface area contributed by atoms with Gasteiger partial charge in [-0.2, -0.15) is 0 Å². The summed E-state index contributed by atoms with van der Waals surface area (Å²) in [6.45, 7) is 4.43. The van der Waals surface area contributed by atoms with Crippen LogP contribution in [0, 0.1) is 0 Å². The molecule has 180 valence electrons. The number of carbonyl (C=O) groups excluding carboxylic acids is 1. The zero-order valence-electron chi connectivity index (χ0n) is 18.6. The summed E-state index contributed by atoms with van der Waals surface area (Å²) in [6.07, 6.45) is 0.793. The topological polar surface area (TPSA) is 108 Å². The van der Waals surface area contributed by atoms with E-state index in [9.17, 15) is 18.4 Å². The number of carbonyl (C=O) groups is 1. The normalized spacial score (nSPS) is 20.2. The summed E-state index contributed by atoms with van der Waals surface area (Å²) < 4.78 is 37.9. The van der Waals surface area contributed by atoms with E-state index in [1.54, 1.807) is 54.0 Å². The Hall–Kier alpha value is -2.37. The molecule has 0 radical (unpaired) electrons. The molecule has 0 saturated carbocycles. The second-order valence-electron chi connectivity index (χ2n) is 8.05. The van der Waals surface area contributed by atoms with Gasteiger partial charge in [-0.05, 0) is 62.4 Å². The highest BCUT2D eigenvalue weighted by molar-refractivity contribution is 7.92. The second kappa shape index (κ2) is 10.7. The number of morpholine rings is 1. The van der Waals surface area contributed by atoms with E-state index in [0.717, 1.165) is 10.6 Å². The first-order chi connectivity index (χ1) is 15.6. The molecule has 1 saturated heterocycles. The lowest BCUT2D eigenvalue weighted by Crippen LogP contribution is -2.58. The van der Waals surface area contributed by atoms with Gasteiger partial charge >= 0.3 is 0 Å². The van der Waals surface area contributed by atoms with Crippen LogP contribution in [0.5, 0.6) is 11.5 Å². The molecule has 1 heterocycles. The Bertz CT molecular complexity index is 1040. The Kier molecular flexibility index (Phi) is 8.19. The van der Waals surface area contributed by atoms with E-state index in [1.165, 1.54) is 0 Å². The van der Waals surface area contributed by atoms with Gasteiger partial charge in [0.15, 0.2) is 0 Å². The van der Waals surface area contributed by atoms with Crippen LogP contribution >= 0.6 is 11.6 Å². The average molecular weight is 498 g/mol. The zero-order chi connectivity index (χ0) is 24.2. The minimum atomic E-state index is -3.74. The van der Waals surface area contributed by atoms with E-state index in [2.05, 4.69) is 0 Å². The van der Waals surface area contributed by atoms with Crippen molar-refractivity contribution in [3.8, 4) is 11.5 Å². The Morgan fingerprint density at radius 3 is 2.15 bits per heavy atom. The predicted molar refractivity (Wildman–Crippen MR) is 125 cm³/mol. The van der Waals surface area contributed by atoms with Crippen molar-refractivity contribution in [2.24, 2.45) is 0 Å². The van der Waals surface area contributed by atoms with E-state index in [1.807, 2.05) is 18.7 Å². The Morgan fingerprint density at radius 1 is 1.15 bits per heavy atom. The van der Waals surface area contributed by atoms with Crippen molar-refractivity contribution < 1.29 is 27.9 Å². The minimum absolute atomic E-state index is 0.140. The van der Waals surface area contributed by atoms with Crippen molar-refractivity contribution >= 4 is 33.2 Å². The molecular weight excluding hydrogens is 470 g/mol. The molecule has 2 aromatic rings. The maximum Gasteiger partial charge on any atom is 0.262 e. The van der Waals surface area contributed by atoms with E-state index in [4.69, 9.17) is 21.1 Å². The van der Waals surface area contributed by atoms with Gasteiger partial charge in [-0.25, -0.2) is 13.9 Å². The molecule has 33 heavy (non-hydrogen) atoms. The third-order valence-corrected chi connectivity index (χ3v) is 6.63. The number of rotatable bonds is 8. The summed E-state index contributed by atoms with van der Waals surface area (Å²) >= 11 is 5.89. The first kappa shape index (κ1) is 25.3. The van der Waals surface area contributed by atoms with Crippen LogP contribution < -0.4 is 14.5 Å². The van der Waals surface area contributed by atoms with Crippen LogP contribution in [-0.2, 0) is 19.6 Å². The highest BCUT2D eigenvalue weighted by Crippen LogP contribution is 2.27. The molecule has 0 aromatic heterocycles. The molecule has 1 fully saturated rings. The van der Waals surface area contributed by atoms with Gasteiger partial charge in [-0.3, -0.25) is 19.2 Å². The number of benzene rings is 2. The Morgan fingerprint density at radius 2 is 1.67 bits per heavy atom. The fourth-order valence-corrected chi connectivity index (χ4v) is 4.86. The summed E-state index contributed by atoms with van der Waals surface area (Å²) in [6, 6.07) is 12.4. The smallest absolute Gasteiger partial charge is 0.262 e. The molecule has 3 atom stereocenters. The van der Waals surface area contributed by atoms with Crippen molar-refractivity contribution in [1.82, 2.24) is 10.4 Å². The van der Waals surface area contributed by atoms with Crippen molar-refractivity contribution in [3.63, 3.8) is 0 Å². The fraction of sp³-hybridized carbons (Fsp3) is 0.409. The number of halogens is 1. The summed E-state index contributed by atoms with van der Waals surface area (Å²) in [4.78, 5) is 14.3. The molecule has 2 N–H and O–H groups in total. The molecule has 3 rings (SSSR count). The van der Waals surface area contributed by atoms with E-state index in [0.29, 0.717) is 35.3 Å². The molecular formula is C22H28ClN3O6S. The van der Waals surface area contributed by atoms with Gasteiger partial charge in [0.05, 0.1) is 30.7 Å². The van der Waals surface area contributed by atoms with Gasteiger partial charge in [-0.1, -0.05) is 11.6 Å². The molecule has 0 bridgehead atoms. The van der Waals surface area contributed by atoms with Crippen LogP contribution in [0.15, 0.2) is 48.5 Å². The number of nitrogens with one attached hydrogen (secondary N) is 1. The summed E-state index contributed by atoms with van der Waals surface area (Å²) in [5.74, 6) is 0.407. The maximum absolute atomic E-state index is 12.6. The van der Waals surface area contributed by atoms with Crippen LogP contribution in [0.4, 0.5) is 5.69 Å². The number of hydrogen-bond acceptors (Lipinski definition) is 7. The molecule has 1 aliphatic rings. The number of ether oxygens (including phenoxy) is 2. The first-order valence-corrected chi connectivity index (χ1v) is 12.6. The van der Waals surface area contributed by atoms with Crippen LogP contribution in [0.1, 0.15) is 13.8 Å². The molecule has 0 unspecified atom stereocenters. The third-order valence-electron chi connectivity index (χ3n) is 5.21. The van der Waals surface area contributed by atoms with Gasteiger partial charge in [0.2, 0.25) is 10.0 Å². The van der Waals surface area contributed by atoms with E-state index >= 15 is 0 Å². The third kappa shape index (κ3) is 6.81. The predicted octanol–water partition coefficient (Wildman–Crippen LogP) is 2.88. The lowest BCUT2D eigenvalue weighted by molar-refractivity contribution is -0.140. The van der Waals surface area contributed by atoms with E-state index < -0.39 is 22.0 Å². The van der Waals surface area contributed by atoms with Gasteiger partial charge in [0, 0.05) is 18.1 Å². The number of nitrogens with zero attached hydrogens (tertiary/aromatic N) is 2. The molecule has 1 amide bonds. The molecule has 2 aromatic carbocycles. The van der Waals surface area contributed by atoms with Crippen LogP contribution in [0.3, 0.4) is 0 Å². The van der Waals surface area contributed by atoms with Crippen molar-refractivity contribution in [3.05, 3.63) is 53.6 Å². The number of amides is 1. The summed E-state index contributed by atoms with van der Waals surface area (Å²) in [7, 11) is -3.74. The van der Waals surface area contributed by atoms with Crippen molar-refractivity contribution in [2.75, 3.05) is 30.2 Å². The molecule has 9 nitrogen and oxygen atoms in total. The number of anilines is 1. The zero-order valence-corrected chi connectivity index (χ0v) is 20.2. The number of hydroxylamine groups is 1. The maximum atomic E-state index is 12.6. The van der Waals surface area contributed by atoms with Crippen LogP contribution in [0.2, 0.25) is 5.02 Å². The van der Waals surface area contributed by atoms with E-state index in [-0.39, 0.29) is 18.8 Å². The van der Waals surface area contributed by atoms with Crippen LogP contribution in [-0.4, -0.2) is 68.6 Å². The van der Waals surface area contributed by atoms with Gasteiger partial charge < -0.3 is 9.47 Å². The fourth-order valence-electron chi connectivity index (χ4n) is 3.82. The van der Waals surface area contributed by atoms with Gasteiger partial charge in [0.1, 0.15) is 17.5 Å². The molecule has 11 heteroatoms. The van der Waals surface area contributed by atoms with Crippen molar-refractivity contribution in [1.29, 1.82) is 0 Å². The number of sulfonamides is 1. The minimum Gasteiger partial charge on any atom is -0.457 e. The van der Waals surface area contributed by atoms with Crippen LogP contribution in [0.25, 0.3) is 0 Å². The largest absolute Gasteiger partial charge is 0.457 e. The second-order valence-corrected chi connectivity index (χ2v) is 10.4. The van der Waals surface area contributed by atoms with Crippen molar-refractivity contribution in [2.45, 2.75) is 32.1 Å². The Balaban J connectivity index is 1.83. The average Bonchev–Trinajstić information content (AvgIpc) is 2.75. The van der Waals surface area contributed by atoms with Gasteiger partial charge in [-0.15, -0.1) is 0 Å². The SMILES string of the molecule is C[C@@H]1CN([C@@H](CN(c2ccc(Oc3ccc(Cl)cc3)cc2)S(C)(=O)=O)C(=O)NO)C[C@H](C)O1. The van der Waals surface area contributed by atoms with Gasteiger partial charge in [0.25, 0.3) is 5.91 Å². The monoisotopic (exact) mass is 497 g/mol. The summed E-state index contributed by atoms with van der Waals surface area (Å²) in [5.41, 5.74) is 2.04. The highest BCUT2D eigenvalue weighted by atomic mass is 35.5. The standard InChI is InChI=1S/C22H28ClN3O6S/c1-15-12-25(13-16(2)31-15)21(22(27)24-28)14-26(33(3,29)30)18-6-10-20(11-7-18)32-19-8-4-17(23)5-9-19/h4-11,15-16,21,28H,12-14H2,1-3H3,(H,24,27)/t15-,16+,21-/m0/s1. The molecule has 1 aliphatic heterocycles. The quantitative estimate of drug-likeness (QED) is 0.426. The number of hydrogen-bond donors (Lipinski definition) is 2.